The molecule has 1 aromatic heterocycles. The zero-order valence-electron chi connectivity index (χ0n) is 19.3. The molecule has 0 saturated carbocycles. The monoisotopic (exact) mass is 458 g/mol. The Morgan fingerprint density at radius 3 is 2.65 bits per heavy atom. The zero-order chi connectivity index (χ0) is 24.2. The first-order chi connectivity index (χ1) is 16.3. The summed E-state index contributed by atoms with van der Waals surface area (Å²) >= 11 is 0. The maximum atomic E-state index is 13.2. The Morgan fingerprint density at radius 1 is 1.21 bits per heavy atom. The van der Waals surface area contributed by atoms with Gasteiger partial charge in [-0.15, -0.1) is 0 Å². The number of carbonyl (C=O) groups excluding carboxylic acids is 1. The Labute approximate surface area is 198 Å². The van der Waals surface area contributed by atoms with Crippen LogP contribution in [0.1, 0.15) is 45.8 Å². The number of hydrogen-bond acceptors (Lipinski definition) is 7. The van der Waals surface area contributed by atoms with Crippen molar-refractivity contribution in [3.05, 3.63) is 76.9 Å². The van der Waals surface area contributed by atoms with E-state index in [4.69, 9.17) is 9.47 Å². The van der Waals surface area contributed by atoms with Gasteiger partial charge in [0.15, 0.2) is 0 Å². The van der Waals surface area contributed by atoms with Gasteiger partial charge in [0.2, 0.25) is 0 Å². The van der Waals surface area contributed by atoms with Gasteiger partial charge in [0, 0.05) is 23.5 Å². The van der Waals surface area contributed by atoms with Crippen molar-refractivity contribution in [3.8, 4) is 22.9 Å². The average molecular weight is 459 g/mol. The van der Waals surface area contributed by atoms with Gasteiger partial charge >= 0.3 is 0 Å². The fraction of sp³-hybridized carbons (Fsp3) is 0.308. The lowest BCUT2D eigenvalue weighted by Gasteiger charge is -2.19. The third-order valence-corrected chi connectivity index (χ3v) is 5.71. The summed E-state index contributed by atoms with van der Waals surface area (Å²) in [6.45, 7) is 6.02. The number of rotatable bonds is 6. The van der Waals surface area contributed by atoms with E-state index in [2.05, 4.69) is 21.4 Å². The van der Waals surface area contributed by atoms with Gasteiger partial charge in [-0.05, 0) is 61.7 Å². The zero-order valence-corrected chi connectivity index (χ0v) is 19.3. The number of hydrogen-bond donors (Lipinski definition) is 2. The number of aromatic nitrogens is 2. The summed E-state index contributed by atoms with van der Waals surface area (Å²) in [6.07, 6.45) is 2.08. The van der Waals surface area contributed by atoms with Crippen LogP contribution in [0.3, 0.4) is 0 Å². The topological polar surface area (TPSA) is 117 Å². The highest BCUT2D eigenvalue weighted by atomic mass is 16.6. The van der Waals surface area contributed by atoms with Crippen molar-refractivity contribution < 1.29 is 19.4 Å². The Kier molecular flexibility index (Phi) is 6.87. The number of nitrogens with zero attached hydrogens (tertiary/aromatic N) is 3. The maximum Gasteiger partial charge on any atom is 0.251 e. The minimum atomic E-state index is -0.753. The maximum absolute atomic E-state index is 13.2. The van der Waals surface area contributed by atoms with Crippen LogP contribution in [0.4, 0.5) is 0 Å². The second-order valence-corrected chi connectivity index (χ2v) is 8.43. The van der Waals surface area contributed by atoms with Gasteiger partial charge in [0.25, 0.3) is 5.91 Å². The molecule has 1 aliphatic heterocycles. The smallest absolute Gasteiger partial charge is 0.251 e. The molecule has 0 radical (unpaired) electrons. The van der Waals surface area contributed by atoms with Gasteiger partial charge in [-0.25, -0.2) is 9.97 Å². The van der Waals surface area contributed by atoms with Crippen LogP contribution >= 0.6 is 0 Å². The summed E-state index contributed by atoms with van der Waals surface area (Å²) in [5.74, 6) is 0.753. The number of aliphatic hydroxyl groups excluding tert-OH is 1. The van der Waals surface area contributed by atoms with E-state index in [1.807, 2.05) is 26.0 Å². The highest BCUT2D eigenvalue weighted by Crippen LogP contribution is 2.31. The van der Waals surface area contributed by atoms with Gasteiger partial charge in [0.1, 0.15) is 23.8 Å². The number of amides is 1. The Hall–Kier alpha value is -3.80. The van der Waals surface area contributed by atoms with Crippen LogP contribution in [0.2, 0.25) is 0 Å². The summed E-state index contributed by atoms with van der Waals surface area (Å²) < 4.78 is 11.3. The Balaban J connectivity index is 1.68. The van der Waals surface area contributed by atoms with E-state index in [-0.39, 0.29) is 25.2 Å². The van der Waals surface area contributed by atoms with Crippen LogP contribution in [0, 0.1) is 25.2 Å². The lowest BCUT2D eigenvalue weighted by atomic mass is 9.96. The molecule has 174 valence electrons. The summed E-state index contributed by atoms with van der Waals surface area (Å²) in [4.78, 5) is 21.6. The molecule has 1 saturated heterocycles. The number of carbonyl (C=O) groups is 1. The number of ether oxygens (including phenoxy) is 2. The van der Waals surface area contributed by atoms with Crippen molar-refractivity contribution >= 4 is 5.91 Å². The molecule has 1 amide bonds. The number of benzene rings is 2. The third kappa shape index (κ3) is 5.22. The average Bonchev–Trinajstić information content (AvgIpc) is 3.23. The molecular formula is C26H26N4O4. The van der Waals surface area contributed by atoms with Crippen LogP contribution in [0.15, 0.2) is 48.8 Å². The SMILES string of the molecule is Cc1ccc(-c2cc(OC3COCC3O)cc(C(=O)N[C@H](C)c3cnc(C)nc3)c2)c(C#N)c1. The van der Waals surface area contributed by atoms with Gasteiger partial charge < -0.3 is 19.9 Å². The summed E-state index contributed by atoms with van der Waals surface area (Å²) in [5, 5.41) is 22.7. The van der Waals surface area contributed by atoms with E-state index in [0.29, 0.717) is 33.8 Å². The summed E-state index contributed by atoms with van der Waals surface area (Å²) in [7, 11) is 0. The molecule has 0 spiro atoms. The van der Waals surface area contributed by atoms with Gasteiger partial charge in [-0.2, -0.15) is 5.26 Å². The number of nitriles is 1. The fourth-order valence-corrected chi connectivity index (χ4v) is 3.76. The third-order valence-electron chi connectivity index (χ3n) is 5.71. The standard InChI is InChI=1S/C26H26N4O4/c1-15-4-5-23(20(6-15)10-27)18-7-19(9-22(8-18)34-25-14-33-13-24(25)31)26(32)30-16(2)21-11-28-17(3)29-12-21/h4-9,11-12,16,24-25,31H,13-14H2,1-3H3,(H,30,32)/t16-,24?,25?/m1/s1. The van der Waals surface area contributed by atoms with Gasteiger partial charge in [-0.3, -0.25) is 4.79 Å². The molecule has 1 fully saturated rings. The Morgan fingerprint density at radius 2 is 1.97 bits per heavy atom. The molecule has 4 rings (SSSR count). The van der Waals surface area contributed by atoms with Gasteiger partial charge in [0.05, 0.1) is 30.9 Å². The first-order valence-electron chi connectivity index (χ1n) is 11.0. The normalized spacial score (nSPS) is 18.2. The fourth-order valence-electron chi connectivity index (χ4n) is 3.76. The molecule has 3 aromatic rings. The highest BCUT2D eigenvalue weighted by Gasteiger charge is 2.28. The predicted molar refractivity (Wildman–Crippen MR) is 125 cm³/mol. The molecule has 2 N–H and O–H groups in total. The minimum Gasteiger partial charge on any atom is -0.485 e. The molecular weight excluding hydrogens is 432 g/mol. The van der Waals surface area contributed by atoms with Crippen LogP contribution in [0.5, 0.6) is 5.75 Å². The first-order valence-corrected chi connectivity index (χ1v) is 11.0. The molecule has 2 heterocycles. The van der Waals surface area contributed by atoms with Crippen LogP contribution in [-0.4, -0.2) is 46.4 Å². The molecule has 2 aromatic carbocycles. The van der Waals surface area contributed by atoms with Crippen molar-refractivity contribution in [2.45, 2.75) is 39.0 Å². The van der Waals surface area contributed by atoms with Crippen molar-refractivity contribution in [1.29, 1.82) is 5.26 Å². The molecule has 0 bridgehead atoms. The van der Waals surface area contributed by atoms with Crippen molar-refractivity contribution in [3.63, 3.8) is 0 Å². The molecule has 34 heavy (non-hydrogen) atoms. The van der Waals surface area contributed by atoms with Crippen molar-refractivity contribution in [1.82, 2.24) is 15.3 Å². The predicted octanol–water partition coefficient (Wildman–Crippen LogP) is 3.26. The van der Waals surface area contributed by atoms with Crippen LogP contribution in [-0.2, 0) is 4.74 Å². The van der Waals surface area contributed by atoms with E-state index < -0.39 is 12.2 Å². The van der Waals surface area contributed by atoms with Crippen LogP contribution in [0.25, 0.3) is 11.1 Å². The van der Waals surface area contributed by atoms with E-state index in [1.165, 1.54) is 0 Å². The summed E-state index contributed by atoms with van der Waals surface area (Å²) in [6, 6.07) is 12.6. The molecule has 8 nitrogen and oxygen atoms in total. The number of aliphatic hydroxyl groups is 1. The molecule has 8 heteroatoms. The first kappa shape index (κ1) is 23.4. The largest absolute Gasteiger partial charge is 0.485 e. The lowest BCUT2D eigenvalue weighted by Crippen LogP contribution is -2.30. The van der Waals surface area contributed by atoms with Crippen molar-refractivity contribution in [2.75, 3.05) is 13.2 Å². The van der Waals surface area contributed by atoms with E-state index >= 15 is 0 Å². The Bertz CT molecular complexity index is 1240. The molecule has 0 aliphatic carbocycles. The van der Waals surface area contributed by atoms with E-state index in [9.17, 15) is 15.2 Å². The second kappa shape index (κ2) is 10.00. The van der Waals surface area contributed by atoms with Crippen molar-refractivity contribution in [2.24, 2.45) is 0 Å². The number of nitrogens with one attached hydrogen (secondary N) is 1. The molecule has 3 atom stereocenters. The van der Waals surface area contributed by atoms with Crippen LogP contribution < -0.4 is 10.1 Å². The highest BCUT2D eigenvalue weighted by molar-refractivity contribution is 5.96. The quantitative estimate of drug-likeness (QED) is 0.582. The molecule has 2 unspecified atom stereocenters. The number of aryl methyl sites for hydroxylation is 2. The van der Waals surface area contributed by atoms with Gasteiger partial charge in [-0.1, -0.05) is 12.1 Å². The molecule has 1 aliphatic rings. The second-order valence-electron chi connectivity index (χ2n) is 8.43. The van der Waals surface area contributed by atoms with E-state index in [0.717, 1.165) is 11.1 Å². The van der Waals surface area contributed by atoms with E-state index in [1.54, 1.807) is 43.6 Å². The lowest BCUT2D eigenvalue weighted by molar-refractivity contribution is 0.0732. The summed E-state index contributed by atoms with van der Waals surface area (Å²) in [5.41, 5.74) is 3.96. The minimum absolute atomic E-state index is 0.199.